The number of hydrogen-bond acceptors (Lipinski definition) is 6. The SMILES string of the molecule is COc1ccccc1CN1CCC(NC(=O)C2CC(=O)N(CCc3ccc(OC)c(OC)c3)C2)CC1. The molecule has 2 aliphatic heterocycles. The van der Waals surface area contributed by atoms with Crippen LogP contribution in [0.4, 0.5) is 0 Å². The summed E-state index contributed by atoms with van der Waals surface area (Å²) in [5.74, 6) is 2.03. The zero-order valence-corrected chi connectivity index (χ0v) is 21.5. The molecule has 2 aromatic carbocycles. The van der Waals surface area contributed by atoms with Crippen LogP contribution in [0.5, 0.6) is 17.2 Å². The van der Waals surface area contributed by atoms with Gasteiger partial charge in [-0.15, -0.1) is 0 Å². The highest BCUT2D eigenvalue weighted by atomic mass is 16.5. The molecule has 4 rings (SSSR count). The smallest absolute Gasteiger partial charge is 0.225 e. The Hall–Kier alpha value is -3.26. The van der Waals surface area contributed by atoms with Gasteiger partial charge in [0.05, 0.1) is 27.2 Å². The normalized spacial score (nSPS) is 18.8. The number of nitrogens with zero attached hydrogens (tertiary/aromatic N) is 2. The molecule has 0 bridgehead atoms. The van der Waals surface area contributed by atoms with E-state index in [0.717, 1.165) is 43.8 Å². The second-order valence-corrected chi connectivity index (χ2v) is 9.55. The molecule has 0 radical (unpaired) electrons. The monoisotopic (exact) mass is 495 g/mol. The standard InChI is InChI=1S/C28H37N3O5/c1-34-24-7-5-4-6-21(24)18-30-13-11-23(12-14-30)29-28(33)22-17-27(32)31(19-22)15-10-20-8-9-25(35-2)26(16-20)36-3/h4-9,16,22-23H,10-15,17-19H2,1-3H3,(H,29,33). The largest absolute Gasteiger partial charge is 0.496 e. The average molecular weight is 496 g/mol. The number of nitrogens with one attached hydrogen (secondary N) is 1. The van der Waals surface area contributed by atoms with Gasteiger partial charge in [0.25, 0.3) is 0 Å². The van der Waals surface area contributed by atoms with Crippen LogP contribution in [-0.4, -0.2) is 75.2 Å². The third-order valence-electron chi connectivity index (χ3n) is 7.22. The van der Waals surface area contributed by atoms with E-state index < -0.39 is 0 Å². The highest BCUT2D eigenvalue weighted by molar-refractivity contribution is 5.89. The number of amides is 2. The lowest BCUT2D eigenvalue weighted by Crippen LogP contribution is -2.46. The van der Waals surface area contributed by atoms with Crippen LogP contribution in [0.2, 0.25) is 0 Å². The Balaban J connectivity index is 1.22. The Labute approximate surface area is 213 Å². The number of para-hydroxylation sites is 1. The molecule has 0 aliphatic carbocycles. The molecular formula is C28H37N3O5. The number of hydrogen-bond donors (Lipinski definition) is 1. The van der Waals surface area contributed by atoms with Crippen LogP contribution in [0.15, 0.2) is 42.5 Å². The Bertz CT molecular complexity index is 1050. The van der Waals surface area contributed by atoms with E-state index in [-0.39, 0.29) is 30.2 Å². The van der Waals surface area contributed by atoms with E-state index in [1.165, 1.54) is 5.56 Å². The van der Waals surface area contributed by atoms with Gasteiger partial charge in [-0.2, -0.15) is 0 Å². The number of piperidine rings is 1. The number of methoxy groups -OCH3 is 3. The van der Waals surface area contributed by atoms with Crippen LogP contribution in [0.25, 0.3) is 0 Å². The zero-order chi connectivity index (χ0) is 25.5. The summed E-state index contributed by atoms with van der Waals surface area (Å²) in [5, 5.41) is 3.21. The van der Waals surface area contributed by atoms with Crippen molar-refractivity contribution in [1.29, 1.82) is 0 Å². The lowest BCUT2D eigenvalue weighted by molar-refractivity contribution is -0.129. The van der Waals surface area contributed by atoms with Crippen LogP contribution < -0.4 is 19.5 Å². The molecule has 2 aliphatic rings. The maximum Gasteiger partial charge on any atom is 0.225 e. The summed E-state index contributed by atoms with van der Waals surface area (Å²) in [6.07, 6.45) is 2.80. The fraction of sp³-hybridized carbons (Fsp3) is 0.500. The van der Waals surface area contributed by atoms with Crippen molar-refractivity contribution in [3.05, 3.63) is 53.6 Å². The van der Waals surface area contributed by atoms with E-state index in [1.54, 1.807) is 26.2 Å². The van der Waals surface area contributed by atoms with E-state index in [4.69, 9.17) is 14.2 Å². The van der Waals surface area contributed by atoms with Crippen molar-refractivity contribution >= 4 is 11.8 Å². The Morgan fingerprint density at radius 1 is 0.972 bits per heavy atom. The van der Waals surface area contributed by atoms with Crippen molar-refractivity contribution in [3.63, 3.8) is 0 Å². The molecule has 0 spiro atoms. The Kier molecular flexibility index (Phi) is 8.70. The fourth-order valence-corrected chi connectivity index (χ4v) is 5.09. The molecule has 2 amide bonds. The number of rotatable bonds is 10. The van der Waals surface area contributed by atoms with Crippen molar-refractivity contribution in [2.75, 3.05) is 47.5 Å². The quantitative estimate of drug-likeness (QED) is 0.546. The molecule has 2 heterocycles. The molecule has 1 N–H and O–H groups in total. The zero-order valence-electron chi connectivity index (χ0n) is 21.5. The summed E-state index contributed by atoms with van der Waals surface area (Å²) >= 11 is 0. The van der Waals surface area contributed by atoms with Crippen molar-refractivity contribution in [2.45, 2.75) is 38.3 Å². The van der Waals surface area contributed by atoms with Crippen molar-refractivity contribution in [3.8, 4) is 17.2 Å². The van der Waals surface area contributed by atoms with Gasteiger partial charge in [0.15, 0.2) is 11.5 Å². The molecule has 2 aromatic rings. The number of carbonyl (C=O) groups excluding carboxylic acids is 2. The van der Waals surface area contributed by atoms with Crippen LogP contribution in [0.3, 0.4) is 0 Å². The molecule has 1 atom stereocenters. The van der Waals surface area contributed by atoms with Crippen LogP contribution in [0.1, 0.15) is 30.4 Å². The molecule has 0 saturated carbocycles. The molecule has 194 valence electrons. The van der Waals surface area contributed by atoms with Gasteiger partial charge in [-0.25, -0.2) is 0 Å². The first-order valence-electron chi connectivity index (χ1n) is 12.6. The van der Waals surface area contributed by atoms with Gasteiger partial charge in [-0.1, -0.05) is 24.3 Å². The molecular weight excluding hydrogens is 458 g/mol. The van der Waals surface area contributed by atoms with Gasteiger partial charge >= 0.3 is 0 Å². The summed E-state index contributed by atoms with van der Waals surface area (Å²) in [4.78, 5) is 29.7. The van der Waals surface area contributed by atoms with E-state index in [0.29, 0.717) is 31.0 Å². The molecule has 0 aromatic heterocycles. The first kappa shape index (κ1) is 25.8. The summed E-state index contributed by atoms with van der Waals surface area (Å²) in [6.45, 7) is 3.74. The van der Waals surface area contributed by atoms with Gasteiger partial charge in [0.1, 0.15) is 5.75 Å². The predicted octanol–water partition coefficient (Wildman–Crippen LogP) is 2.88. The lowest BCUT2D eigenvalue weighted by atomic mass is 10.0. The van der Waals surface area contributed by atoms with Crippen LogP contribution in [0, 0.1) is 5.92 Å². The number of benzene rings is 2. The molecule has 2 fully saturated rings. The average Bonchev–Trinajstić information content (AvgIpc) is 3.29. The first-order valence-corrected chi connectivity index (χ1v) is 12.6. The van der Waals surface area contributed by atoms with Gasteiger partial charge in [0.2, 0.25) is 11.8 Å². The number of ether oxygens (including phenoxy) is 3. The van der Waals surface area contributed by atoms with E-state index in [1.807, 2.05) is 36.4 Å². The first-order chi connectivity index (χ1) is 17.5. The van der Waals surface area contributed by atoms with Crippen molar-refractivity contribution in [2.24, 2.45) is 5.92 Å². The third kappa shape index (κ3) is 6.29. The number of carbonyl (C=O) groups is 2. The minimum Gasteiger partial charge on any atom is -0.496 e. The topological polar surface area (TPSA) is 80.3 Å². The Morgan fingerprint density at radius 2 is 1.69 bits per heavy atom. The minimum absolute atomic E-state index is 0.000135. The third-order valence-corrected chi connectivity index (χ3v) is 7.22. The Morgan fingerprint density at radius 3 is 2.42 bits per heavy atom. The highest BCUT2D eigenvalue weighted by Gasteiger charge is 2.35. The van der Waals surface area contributed by atoms with E-state index in [9.17, 15) is 9.59 Å². The molecule has 8 heteroatoms. The molecule has 36 heavy (non-hydrogen) atoms. The fourth-order valence-electron chi connectivity index (χ4n) is 5.09. The second-order valence-electron chi connectivity index (χ2n) is 9.55. The van der Waals surface area contributed by atoms with E-state index in [2.05, 4.69) is 16.3 Å². The van der Waals surface area contributed by atoms with Gasteiger partial charge in [0, 0.05) is 50.7 Å². The minimum atomic E-state index is -0.283. The molecule has 8 nitrogen and oxygen atoms in total. The molecule has 2 saturated heterocycles. The van der Waals surface area contributed by atoms with Gasteiger partial charge < -0.3 is 24.4 Å². The maximum atomic E-state index is 12.9. The van der Waals surface area contributed by atoms with E-state index >= 15 is 0 Å². The maximum absolute atomic E-state index is 12.9. The highest BCUT2D eigenvalue weighted by Crippen LogP contribution is 2.28. The lowest BCUT2D eigenvalue weighted by Gasteiger charge is -2.33. The van der Waals surface area contributed by atoms with Crippen LogP contribution in [-0.2, 0) is 22.6 Å². The summed E-state index contributed by atoms with van der Waals surface area (Å²) < 4.78 is 16.1. The molecule has 1 unspecified atom stereocenters. The van der Waals surface area contributed by atoms with Crippen LogP contribution >= 0.6 is 0 Å². The van der Waals surface area contributed by atoms with Crippen molar-refractivity contribution in [1.82, 2.24) is 15.1 Å². The summed E-state index contributed by atoms with van der Waals surface area (Å²) in [6, 6.07) is 14.0. The van der Waals surface area contributed by atoms with Crippen molar-refractivity contribution < 1.29 is 23.8 Å². The van der Waals surface area contributed by atoms with Gasteiger partial charge in [-0.3, -0.25) is 14.5 Å². The summed E-state index contributed by atoms with van der Waals surface area (Å²) in [5.41, 5.74) is 2.24. The second kappa shape index (κ2) is 12.1. The number of likely N-dealkylation sites (tertiary alicyclic amines) is 2. The predicted molar refractivity (Wildman–Crippen MR) is 137 cm³/mol. The van der Waals surface area contributed by atoms with Gasteiger partial charge in [-0.05, 0) is 43.0 Å². The summed E-state index contributed by atoms with van der Waals surface area (Å²) in [7, 11) is 4.92.